The summed E-state index contributed by atoms with van der Waals surface area (Å²) < 4.78 is 13.1. The van der Waals surface area contributed by atoms with Crippen molar-refractivity contribution in [1.29, 1.82) is 0 Å². The molecule has 0 amide bonds. The zero-order valence-electron chi connectivity index (χ0n) is 8.23. The molecular weight excluding hydrogens is 165 g/mol. The minimum atomic E-state index is -0.295. The molecule has 2 N–H and O–H groups in total. The van der Waals surface area contributed by atoms with Gasteiger partial charge < -0.3 is 5.73 Å². The minimum absolute atomic E-state index is 0.264. The lowest BCUT2D eigenvalue weighted by Gasteiger charge is -2.08. The Labute approximate surface area is 78.8 Å². The molecule has 0 atom stereocenters. The van der Waals surface area contributed by atoms with Gasteiger partial charge in [0.25, 0.3) is 0 Å². The summed E-state index contributed by atoms with van der Waals surface area (Å²) >= 11 is 0. The van der Waals surface area contributed by atoms with Gasteiger partial charge in [0, 0.05) is 0 Å². The maximum atomic E-state index is 13.1. The van der Waals surface area contributed by atoms with Gasteiger partial charge in [0.1, 0.15) is 5.82 Å². The van der Waals surface area contributed by atoms with Crippen molar-refractivity contribution >= 4 is 5.69 Å². The van der Waals surface area contributed by atoms with E-state index >= 15 is 0 Å². The van der Waals surface area contributed by atoms with Gasteiger partial charge in [-0.3, -0.25) is 0 Å². The molecule has 0 radical (unpaired) electrons. The Balaban J connectivity index is 3.09. The molecular formula is C11H16FN. The Morgan fingerprint density at radius 1 is 1.23 bits per heavy atom. The highest BCUT2D eigenvalue weighted by atomic mass is 19.1. The molecule has 0 bridgehead atoms. The molecule has 0 heterocycles. The van der Waals surface area contributed by atoms with Crippen LogP contribution in [0.15, 0.2) is 12.1 Å². The van der Waals surface area contributed by atoms with E-state index in [4.69, 9.17) is 5.73 Å². The number of anilines is 1. The van der Waals surface area contributed by atoms with E-state index in [1.165, 1.54) is 5.56 Å². The summed E-state index contributed by atoms with van der Waals surface area (Å²) in [6, 6.07) is 3.32. The van der Waals surface area contributed by atoms with Crippen LogP contribution >= 0.6 is 0 Å². The molecule has 0 aliphatic rings. The van der Waals surface area contributed by atoms with Crippen molar-refractivity contribution in [1.82, 2.24) is 0 Å². The van der Waals surface area contributed by atoms with Gasteiger partial charge in [0.15, 0.2) is 0 Å². The van der Waals surface area contributed by atoms with Crippen LogP contribution in [0.3, 0.4) is 0 Å². The van der Waals surface area contributed by atoms with Crippen LogP contribution in [0.1, 0.15) is 31.4 Å². The van der Waals surface area contributed by atoms with Crippen molar-refractivity contribution in [2.75, 3.05) is 5.73 Å². The quantitative estimate of drug-likeness (QED) is 0.713. The Kier molecular flexibility index (Phi) is 3.29. The summed E-state index contributed by atoms with van der Waals surface area (Å²) in [5.41, 5.74) is 8.03. The summed E-state index contributed by atoms with van der Waals surface area (Å²) in [5.74, 6) is -0.295. The number of nitrogens with two attached hydrogens (primary N) is 1. The predicted octanol–water partition coefficient (Wildman–Crippen LogP) is 2.92. The first-order chi connectivity index (χ1) is 6.19. The lowest BCUT2D eigenvalue weighted by molar-refractivity contribution is 0.629. The van der Waals surface area contributed by atoms with E-state index in [0.717, 1.165) is 24.8 Å². The van der Waals surface area contributed by atoms with Crippen LogP contribution in [0.4, 0.5) is 10.1 Å². The molecule has 0 aliphatic heterocycles. The van der Waals surface area contributed by atoms with Crippen molar-refractivity contribution in [3.05, 3.63) is 29.1 Å². The summed E-state index contributed by atoms with van der Waals surface area (Å²) in [6.07, 6.45) is 2.91. The number of halogens is 1. The smallest absolute Gasteiger partial charge is 0.146 e. The van der Waals surface area contributed by atoms with Crippen LogP contribution in [0.2, 0.25) is 0 Å². The molecule has 0 aliphatic carbocycles. The van der Waals surface area contributed by atoms with Crippen molar-refractivity contribution < 1.29 is 4.39 Å². The fourth-order valence-electron chi connectivity index (χ4n) is 1.51. The van der Waals surface area contributed by atoms with Crippen molar-refractivity contribution in [2.45, 2.75) is 33.1 Å². The molecule has 72 valence electrons. The second-order valence-corrected chi connectivity index (χ2v) is 3.25. The molecule has 0 saturated carbocycles. The molecule has 1 aromatic rings. The molecule has 0 saturated heterocycles. The van der Waals surface area contributed by atoms with E-state index in [1.54, 1.807) is 12.1 Å². The van der Waals surface area contributed by atoms with E-state index in [1.807, 2.05) is 6.92 Å². The first kappa shape index (κ1) is 10.0. The molecule has 1 aromatic carbocycles. The van der Waals surface area contributed by atoms with Crippen molar-refractivity contribution in [3.63, 3.8) is 0 Å². The average Bonchev–Trinajstić information content (AvgIpc) is 2.11. The van der Waals surface area contributed by atoms with Gasteiger partial charge >= 0.3 is 0 Å². The second-order valence-electron chi connectivity index (χ2n) is 3.25. The Morgan fingerprint density at radius 3 is 2.46 bits per heavy atom. The van der Waals surface area contributed by atoms with Gasteiger partial charge in [-0.2, -0.15) is 0 Å². The van der Waals surface area contributed by atoms with Crippen LogP contribution in [-0.4, -0.2) is 0 Å². The number of rotatable bonds is 3. The van der Waals surface area contributed by atoms with Gasteiger partial charge in [-0.15, -0.1) is 0 Å². The summed E-state index contributed by atoms with van der Waals surface area (Å²) in [5, 5.41) is 0. The maximum Gasteiger partial charge on any atom is 0.146 e. The number of nitrogen functional groups attached to an aromatic ring is 1. The van der Waals surface area contributed by atoms with Crippen molar-refractivity contribution in [2.24, 2.45) is 0 Å². The molecule has 13 heavy (non-hydrogen) atoms. The second kappa shape index (κ2) is 4.26. The Morgan fingerprint density at radius 2 is 1.92 bits per heavy atom. The molecule has 0 unspecified atom stereocenters. The van der Waals surface area contributed by atoms with Gasteiger partial charge in [0.05, 0.1) is 5.69 Å². The van der Waals surface area contributed by atoms with Gasteiger partial charge in [-0.05, 0) is 36.1 Å². The third-order valence-corrected chi connectivity index (χ3v) is 2.22. The molecule has 0 spiro atoms. The zero-order valence-corrected chi connectivity index (χ0v) is 8.23. The number of aryl methyl sites for hydroxylation is 2. The molecule has 2 heteroatoms. The highest BCUT2D eigenvalue weighted by Gasteiger charge is 2.05. The van der Waals surface area contributed by atoms with E-state index in [9.17, 15) is 4.39 Å². The molecule has 0 aromatic heterocycles. The lowest BCUT2D eigenvalue weighted by atomic mass is 10.0. The maximum absolute atomic E-state index is 13.1. The third kappa shape index (κ3) is 2.20. The number of hydrogen-bond donors (Lipinski definition) is 1. The van der Waals surface area contributed by atoms with Crippen LogP contribution in [0.25, 0.3) is 0 Å². The van der Waals surface area contributed by atoms with Crippen molar-refractivity contribution in [3.8, 4) is 0 Å². The molecule has 1 nitrogen and oxygen atoms in total. The number of benzene rings is 1. The monoisotopic (exact) mass is 181 g/mol. The van der Waals surface area contributed by atoms with Gasteiger partial charge in [-0.25, -0.2) is 4.39 Å². The van der Waals surface area contributed by atoms with E-state index < -0.39 is 0 Å². The first-order valence-corrected chi connectivity index (χ1v) is 4.75. The Bertz CT molecular complexity index is 294. The SMILES string of the molecule is CCCc1cc(N)c(F)cc1CC. The zero-order chi connectivity index (χ0) is 9.84. The standard InChI is InChI=1S/C11H16FN/c1-3-5-9-7-11(13)10(12)6-8(9)4-2/h6-7H,3-5,13H2,1-2H3. The minimum Gasteiger partial charge on any atom is -0.396 e. The highest BCUT2D eigenvalue weighted by Crippen LogP contribution is 2.19. The lowest BCUT2D eigenvalue weighted by Crippen LogP contribution is -1.98. The summed E-state index contributed by atoms with van der Waals surface area (Å²) in [7, 11) is 0. The molecule has 1 rings (SSSR count). The van der Waals surface area contributed by atoms with Gasteiger partial charge in [-0.1, -0.05) is 20.3 Å². The summed E-state index contributed by atoms with van der Waals surface area (Å²) in [4.78, 5) is 0. The fraction of sp³-hybridized carbons (Fsp3) is 0.455. The average molecular weight is 181 g/mol. The predicted molar refractivity (Wildman–Crippen MR) is 54.2 cm³/mol. The summed E-state index contributed by atoms with van der Waals surface area (Å²) in [6.45, 7) is 4.14. The van der Waals surface area contributed by atoms with E-state index in [0.29, 0.717) is 0 Å². The molecule has 0 fully saturated rings. The highest BCUT2D eigenvalue weighted by molar-refractivity contribution is 5.46. The largest absolute Gasteiger partial charge is 0.396 e. The topological polar surface area (TPSA) is 26.0 Å². The number of hydrogen-bond acceptors (Lipinski definition) is 1. The first-order valence-electron chi connectivity index (χ1n) is 4.75. The van der Waals surface area contributed by atoms with Crippen LogP contribution in [-0.2, 0) is 12.8 Å². The van der Waals surface area contributed by atoms with E-state index in [2.05, 4.69) is 6.92 Å². The Hall–Kier alpha value is -1.05. The van der Waals surface area contributed by atoms with Crippen LogP contribution in [0.5, 0.6) is 0 Å². The van der Waals surface area contributed by atoms with Crippen LogP contribution in [0, 0.1) is 5.82 Å². The van der Waals surface area contributed by atoms with Crippen LogP contribution < -0.4 is 5.73 Å². The van der Waals surface area contributed by atoms with E-state index in [-0.39, 0.29) is 11.5 Å². The van der Waals surface area contributed by atoms with Gasteiger partial charge in [0.2, 0.25) is 0 Å². The fourth-order valence-corrected chi connectivity index (χ4v) is 1.51. The normalized spacial score (nSPS) is 10.4. The third-order valence-electron chi connectivity index (χ3n) is 2.22.